The molecule has 0 saturated carbocycles. The van der Waals surface area contributed by atoms with Gasteiger partial charge in [0.05, 0.1) is 0 Å². The molecule has 0 radical (unpaired) electrons. The van der Waals surface area contributed by atoms with E-state index in [0.717, 1.165) is 37.1 Å². The van der Waals surface area contributed by atoms with Crippen molar-refractivity contribution >= 4 is 11.6 Å². The van der Waals surface area contributed by atoms with E-state index >= 15 is 0 Å². The third-order valence-corrected chi connectivity index (χ3v) is 4.49. The Morgan fingerprint density at radius 1 is 1.25 bits per heavy atom. The fourth-order valence-electron chi connectivity index (χ4n) is 3.29. The van der Waals surface area contributed by atoms with Crippen molar-refractivity contribution in [2.24, 2.45) is 11.8 Å². The van der Waals surface area contributed by atoms with Crippen molar-refractivity contribution in [1.29, 1.82) is 0 Å². The maximum atomic E-state index is 4.61. The van der Waals surface area contributed by atoms with Crippen LogP contribution in [0, 0.1) is 11.8 Å². The van der Waals surface area contributed by atoms with Crippen molar-refractivity contribution in [1.82, 2.24) is 9.97 Å². The Labute approximate surface area is 123 Å². The van der Waals surface area contributed by atoms with Crippen LogP contribution in [0.3, 0.4) is 0 Å². The summed E-state index contributed by atoms with van der Waals surface area (Å²) in [5.41, 5.74) is 1.25. The van der Waals surface area contributed by atoms with E-state index in [1.165, 1.54) is 12.0 Å². The number of rotatable bonds is 4. The van der Waals surface area contributed by atoms with Gasteiger partial charge in [-0.15, -0.1) is 0 Å². The molecule has 20 heavy (non-hydrogen) atoms. The van der Waals surface area contributed by atoms with Gasteiger partial charge in [0.25, 0.3) is 0 Å². The molecule has 0 aromatic carbocycles. The molecule has 1 aliphatic rings. The third-order valence-electron chi connectivity index (χ3n) is 4.49. The fraction of sp³-hybridized carbons (Fsp3) is 0.750. The average molecular weight is 276 g/mol. The van der Waals surface area contributed by atoms with Gasteiger partial charge in [0.2, 0.25) is 0 Å². The molecule has 3 unspecified atom stereocenters. The highest BCUT2D eigenvalue weighted by molar-refractivity contribution is 5.59. The van der Waals surface area contributed by atoms with Crippen molar-refractivity contribution < 1.29 is 0 Å². The van der Waals surface area contributed by atoms with Gasteiger partial charge in [0.1, 0.15) is 18.0 Å². The molecule has 4 nitrogen and oxygen atoms in total. The molecule has 0 aliphatic carbocycles. The SMILES string of the molecule is CCNc1ncnc(N2CC(C)CC(C)C2C)c1CC. The van der Waals surface area contributed by atoms with Crippen LogP contribution in [0.25, 0.3) is 0 Å². The number of anilines is 2. The number of hydrogen-bond acceptors (Lipinski definition) is 4. The van der Waals surface area contributed by atoms with Gasteiger partial charge in [-0.3, -0.25) is 0 Å². The summed E-state index contributed by atoms with van der Waals surface area (Å²) in [4.78, 5) is 11.5. The zero-order valence-corrected chi connectivity index (χ0v) is 13.5. The lowest BCUT2D eigenvalue weighted by molar-refractivity contribution is 0.295. The fourth-order valence-corrected chi connectivity index (χ4v) is 3.29. The van der Waals surface area contributed by atoms with Crippen LogP contribution >= 0.6 is 0 Å². The predicted molar refractivity (Wildman–Crippen MR) is 85.3 cm³/mol. The Kier molecular flexibility index (Phi) is 4.84. The highest BCUT2D eigenvalue weighted by Gasteiger charge is 2.31. The van der Waals surface area contributed by atoms with Crippen LogP contribution in [0.4, 0.5) is 11.6 Å². The molecule has 112 valence electrons. The van der Waals surface area contributed by atoms with Crippen LogP contribution in [0.1, 0.15) is 46.6 Å². The molecule has 2 rings (SSSR count). The van der Waals surface area contributed by atoms with Gasteiger partial charge >= 0.3 is 0 Å². The molecular weight excluding hydrogens is 248 g/mol. The van der Waals surface area contributed by atoms with Gasteiger partial charge in [-0.25, -0.2) is 9.97 Å². The highest BCUT2D eigenvalue weighted by Crippen LogP contribution is 2.33. The first-order valence-electron chi connectivity index (χ1n) is 7.92. The van der Waals surface area contributed by atoms with Crippen LogP contribution in [0.15, 0.2) is 6.33 Å². The van der Waals surface area contributed by atoms with E-state index in [0.29, 0.717) is 12.0 Å². The second kappa shape index (κ2) is 6.42. The Balaban J connectivity index is 2.37. The smallest absolute Gasteiger partial charge is 0.137 e. The number of nitrogens with one attached hydrogen (secondary N) is 1. The van der Waals surface area contributed by atoms with Gasteiger partial charge in [0, 0.05) is 24.7 Å². The van der Waals surface area contributed by atoms with Gasteiger partial charge in [-0.2, -0.15) is 0 Å². The summed E-state index contributed by atoms with van der Waals surface area (Å²) in [6.45, 7) is 13.3. The number of aromatic nitrogens is 2. The lowest BCUT2D eigenvalue weighted by atomic mass is 9.86. The quantitative estimate of drug-likeness (QED) is 0.915. The molecule has 1 aromatic rings. The van der Waals surface area contributed by atoms with E-state index in [2.05, 4.69) is 54.8 Å². The number of hydrogen-bond donors (Lipinski definition) is 1. The summed E-state index contributed by atoms with van der Waals surface area (Å²) in [5, 5.41) is 3.37. The largest absolute Gasteiger partial charge is 0.370 e. The Bertz CT molecular complexity index is 446. The molecule has 0 spiro atoms. The van der Waals surface area contributed by atoms with Gasteiger partial charge in [-0.05, 0) is 38.5 Å². The maximum absolute atomic E-state index is 4.61. The van der Waals surface area contributed by atoms with Crippen LogP contribution in [0.5, 0.6) is 0 Å². The van der Waals surface area contributed by atoms with E-state index in [9.17, 15) is 0 Å². The van der Waals surface area contributed by atoms with Crippen molar-refractivity contribution in [2.75, 3.05) is 23.3 Å². The lowest BCUT2D eigenvalue weighted by Crippen LogP contribution is -2.46. The predicted octanol–water partition coefficient (Wildman–Crippen LogP) is 3.34. The third kappa shape index (κ3) is 2.89. The molecule has 3 atom stereocenters. The molecule has 1 N–H and O–H groups in total. The van der Waals surface area contributed by atoms with E-state index in [4.69, 9.17) is 0 Å². The minimum atomic E-state index is 0.542. The molecule has 0 amide bonds. The molecule has 1 aliphatic heterocycles. The highest BCUT2D eigenvalue weighted by atomic mass is 15.2. The van der Waals surface area contributed by atoms with E-state index in [-0.39, 0.29) is 0 Å². The van der Waals surface area contributed by atoms with Crippen molar-refractivity contribution in [3.05, 3.63) is 11.9 Å². The second-order valence-corrected chi connectivity index (χ2v) is 6.12. The zero-order chi connectivity index (χ0) is 14.7. The Hall–Kier alpha value is -1.32. The first-order valence-corrected chi connectivity index (χ1v) is 7.92. The van der Waals surface area contributed by atoms with Crippen molar-refractivity contribution in [3.63, 3.8) is 0 Å². The maximum Gasteiger partial charge on any atom is 0.137 e. The summed E-state index contributed by atoms with van der Waals surface area (Å²) in [6.07, 6.45) is 3.97. The minimum absolute atomic E-state index is 0.542. The first kappa shape index (κ1) is 15.1. The number of nitrogens with zero attached hydrogens (tertiary/aromatic N) is 3. The number of piperidine rings is 1. The molecule has 1 fully saturated rings. The molecule has 2 heterocycles. The van der Waals surface area contributed by atoms with Crippen LogP contribution in [0.2, 0.25) is 0 Å². The van der Waals surface area contributed by atoms with E-state index in [1.807, 2.05) is 0 Å². The van der Waals surface area contributed by atoms with Gasteiger partial charge < -0.3 is 10.2 Å². The first-order chi connectivity index (χ1) is 9.58. The van der Waals surface area contributed by atoms with Crippen LogP contribution in [-0.4, -0.2) is 29.1 Å². The molecule has 1 aromatic heterocycles. The van der Waals surface area contributed by atoms with E-state index < -0.39 is 0 Å². The normalized spacial score (nSPS) is 26.6. The Morgan fingerprint density at radius 2 is 2.00 bits per heavy atom. The van der Waals surface area contributed by atoms with Crippen LogP contribution in [-0.2, 0) is 6.42 Å². The summed E-state index contributed by atoms with van der Waals surface area (Å²) in [5.74, 6) is 3.56. The minimum Gasteiger partial charge on any atom is -0.370 e. The Morgan fingerprint density at radius 3 is 2.65 bits per heavy atom. The molecule has 4 heteroatoms. The molecule has 0 bridgehead atoms. The summed E-state index contributed by atoms with van der Waals surface area (Å²) in [6, 6.07) is 0.542. The monoisotopic (exact) mass is 276 g/mol. The summed E-state index contributed by atoms with van der Waals surface area (Å²) < 4.78 is 0. The second-order valence-electron chi connectivity index (χ2n) is 6.12. The molecular formula is C16H28N4. The standard InChI is InChI=1S/C16H28N4/c1-6-14-15(17-7-2)18-10-19-16(14)20-9-11(3)8-12(4)13(20)5/h10-13H,6-9H2,1-5H3,(H,17,18,19). The van der Waals surface area contributed by atoms with Crippen molar-refractivity contribution in [2.45, 2.75) is 53.5 Å². The van der Waals surface area contributed by atoms with Gasteiger partial charge in [0.15, 0.2) is 0 Å². The lowest BCUT2D eigenvalue weighted by Gasteiger charge is -2.42. The zero-order valence-electron chi connectivity index (χ0n) is 13.5. The average Bonchev–Trinajstić information content (AvgIpc) is 2.43. The van der Waals surface area contributed by atoms with E-state index in [1.54, 1.807) is 6.33 Å². The topological polar surface area (TPSA) is 41.1 Å². The summed E-state index contributed by atoms with van der Waals surface area (Å²) >= 11 is 0. The van der Waals surface area contributed by atoms with Crippen molar-refractivity contribution in [3.8, 4) is 0 Å². The molecule has 1 saturated heterocycles. The van der Waals surface area contributed by atoms with Crippen LogP contribution < -0.4 is 10.2 Å². The van der Waals surface area contributed by atoms with Gasteiger partial charge in [-0.1, -0.05) is 20.8 Å². The summed E-state index contributed by atoms with van der Waals surface area (Å²) in [7, 11) is 0.